The fraction of sp³-hybridized carbons (Fsp3) is 0.364. The Morgan fingerprint density at radius 3 is 2.57 bits per heavy atom. The maximum absolute atomic E-state index is 12.8. The van der Waals surface area contributed by atoms with Gasteiger partial charge in [0.2, 0.25) is 0 Å². The molecule has 6 heteroatoms. The number of para-hydroxylation sites is 1. The first-order valence-corrected chi connectivity index (χ1v) is 10.3. The van der Waals surface area contributed by atoms with Crippen molar-refractivity contribution in [3.63, 3.8) is 0 Å². The summed E-state index contributed by atoms with van der Waals surface area (Å²) in [5.74, 6) is -0.0408. The SMILES string of the molecule is CC(C)Oc1ccc(C(=O)OCC(=O)N2CC[C@H](C)Sc3ccccc32)cc1. The molecule has 0 saturated heterocycles. The minimum absolute atomic E-state index is 0.0628. The number of hydrogen-bond donors (Lipinski definition) is 0. The van der Waals surface area contributed by atoms with Crippen LogP contribution in [0.15, 0.2) is 53.4 Å². The maximum Gasteiger partial charge on any atom is 0.338 e. The number of thioether (sulfide) groups is 1. The van der Waals surface area contributed by atoms with Gasteiger partial charge in [-0.1, -0.05) is 19.1 Å². The van der Waals surface area contributed by atoms with E-state index < -0.39 is 5.97 Å². The van der Waals surface area contributed by atoms with Crippen molar-refractivity contribution in [3.8, 4) is 5.75 Å². The highest BCUT2D eigenvalue weighted by molar-refractivity contribution is 8.00. The van der Waals surface area contributed by atoms with Crippen LogP contribution in [-0.2, 0) is 9.53 Å². The molecule has 0 spiro atoms. The molecule has 0 radical (unpaired) electrons. The molecule has 0 N–H and O–H groups in total. The first-order valence-electron chi connectivity index (χ1n) is 9.44. The molecule has 0 unspecified atom stereocenters. The minimum Gasteiger partial charge on any atom is -0.491 e. The van der Waals surface area contributed by atoms with E-state index in [0.29, 0.717) is 23.1 Å². The summed E-state index contributed by atoms with van der Waals surface area (Å²) in [6.45, 7) is 6.36. The van der Waals surface area contributed by atoms with E-state index in [0.717, 1.165) is 17.0 Å². The van der Waals surface area contributed by atoms with E-state index >= 15 is 0 Å². The van der Waals surface area contributed by atoms with Gasteiger partial charge in [-0.2, -0.15) is 0 Å². The summed E-state index contributed by atoms with van der Waals surface area (Å²) in [5.41, 5.74) is 1.28. The first-order chi connectivity index (χ1) is 13.4. The number of rotatable bonds is 5. The van der Waals surface area contributed by atoms with Crippen molar-refractivity contribution in [1.29, 1.82) is 0 Å². The number of carbonyl (C=O) groups is 2. The number of anilines is 1. The van der Waals surface area contributed by atoms with Gasteiger partial charge in [0, 0.05) is 16.7 Å². The average molecular weight is 400 g/mol. The van der Waals surface area contributed by atoms with E-state index in [4.69, 9.17) is 9.47 Å². The summed E-state index contributed by atoms with van der Waals surface area (Å²) in [4.78, 5) is 27.8. The van der Waals surface area contributed by atoms with Crippen LogP contribution in [0.2, 0.25) is 0 Å². The smallest absolute Gasteiger partial charge is 0.338 e. The zero-order valence-electron chi connectivity index (χ0n) is 16.4. The second kappa shape index (κ2) is 9.15. The molecule has 0 aliphatic carbocycles. The van der Waals surface area contributed by atoms with Crippen LogP contribution in [0.25, 0.3) is 0 Å². The van der Waals surface area contributed by atoms with Gasteiger partial charge >= 0.3 is 5.97 Å². The van der Waals surface area contributed by atoms with Gasteiger partial charge in [-0.25, -0.2) is 4.79 Å². The van der Waals surface area contributed by atoms with Crippen molar-refractivity contribution >= 4 is 29.3 Å². The number of esters is 1. The highest BCUT2D eigenvalue weighted by Gasteiger charge is 2.25. The van der Waals surface area contributed by atoms with Crippen LogP contribution >= 0.6 is 11.8 Å². The van der Waals surface area contributed by atoms with Crippen LogP contribution in [0.1, 0.15) is 37.6 Å². The minimum atomic E-state index is -0.518. The van der Waals surface area contributed by atoms with Crippen molar-refractivity contribution in [2.75, 3.05) is 18.1 Å². The molecule has 148 valence electrons. The lowest BCUT2D eigenvalue weighted by Crippen LogP contribution is -2.35. The Balaban J connectivity index is 1.63. The molecule has 5 nitrogen and oxygen atoms in total. The van der Waals surface area contributed by atoms with Gasteiger partial charge in [-0.15, -0.1) is 11.8 Å². The van der Waals surface area contributed by atoms with Gasteiger partial charge in [0.15, 0.2) is 6.61 Å². The van der Waals surface area contributed by atoms with E-state index in [1.54, 1.807) is 40.9 Å². The summed E-state index contributed by atoms with van der Waals surface area (Å²) >= 11 is 1.77. The number of amides is 1. The third kappa shape index (κ3) is 5.07. The molecule has 1 aliphatic rings. The van der Waals surface area contributed by atoms with Crippen LogP contribution in [0, 0.1) is 0 Å². The molecule has 2 aromatic rings. The number of ether oxygens (including phenoxy) is 2. The molecular weight excluding hydrogens is 374 g/mol. The van der Waals surface area contributed by atoms with E-state index in [1.807, 2.05) is 38.1 Å². The van der Waals surface area contributed by atoms with Crippen molar-refractivity contribution in [2.45, 2.75) is 43.4 Å². The number of nitrogens with zero attached hydrogens (tertiary/aromatic N) is 1. The van der Waals surface area contributed by atoms with Crippen LogP contribution in [-0.4, -0.2) is 36.4 Å². The van der Waals surface area contributed by atoms with Crippen LogP contribution < -0.4 is 9.64 Å². The molecule has 28 heavy (non-hydrogen) atoms. The van der Waals surface area contributed by atoms with E-state index in [1.165, 1.54) is 0 Å². The summed E-state index contributed by atoms with van der Waals surface area (Å²) in [6, 6.07) is 14.6. The lowest BCUT2D eigenvalue weighted by Gasteiger charge is -2.22. The summed E-state index contributed by atoms with van der Waals surface area (Å²) in [6.07, 6.45) is 0.948. The van der Waals surface area contributed by atoms with E-state index in [9.17, 15) is 9.59 Å². The molecule has 3 rings (SSSR count). The fourth-order valence-electron chi connectivity index (χ4n) is 2.98. The van der Waals surface area contributed by atoms with Gasteiger partial charge in [-0.05, 0) is 56.7 Å². The summed E-state index contributed by atoms with van der Waals surface area (Å²) in [5, 5.41) is 0.424. The zero-order valence-corrected chi connectivity index (χ0v) is 17.2. The van der Waals surface area contributed by atoms with Crippen molar-refractivity contribution in [1.82, 2.24) is 0 Å². The standard InChI is InChI=1S/C22H25NO4S/c1-15(2)27-18-10-8-17(9-11-18)22(25)26-14-21(24)23-13-12-16(3)28-20-7-5-4-6-19(20)23/h4-11,15-16H,12-14H2,1-3H3/t16-/m0/s1. The highest BCUT2D eigenvalue weighted by Crippen LogP contribution is 2.37. The monoisotopic (exact) mass is 399 g/mol. The second-order valence-corrected chi connectivity index (χ2v) is 8.48. The van der Waals surface area contributed by atoms with E-state index in [-0.39, 0.29) is 18.6 Å². The Kier molecular flexibility index (Phi) is 6.62. The van der Waals surface area contributed by atoms with E-state index in [2.05, 4.69) is 6.92 Å². The van der Waals surface area contributed by atoms with Crippen LogP contribution in [0.4, 0.5) is 5.69 Å². The summed E-state index contributed by atoms with van der Waals surface area (Å²) in [7, 11) is 0. The maximum atomic E-state index is 12.8. The van der Waals surface area contributed by atoms with Crippen LogP contribution in [0.3, 0.4) is 0 Å². The molecule has 0 saturated carbocycles. The molecule has 1 atom stereocenters. The number of fused-ring (bicyclic) bond motifs is 1. The Bertz CT molecular complexity index is 835. The second-order valence-electron chi connectivity index (χ2n) is 7.00. The predicted octanol–water partition coefficient (Wildman–Crippen LogP) is 4.55. The summed E-state index contributed by atoms with van der Waals surface area (Å²) < 4.78 is 10.8. The molecule has 1 amide bonds. The lowest BCUT2D eigenvalue weighted by atomic mass is 10.2. The third-order valence-electron chi connectivity index (χ3n) is 4.33. The number of benzene rings is 2. The van der Waals surface area contributed by atoms with Crippen molar-refractivity contribution < 1.29 is 19.1 Å². The molecule has 0 aromatic heterocycles. The molecular formula is C22H25NO4S. The van der Waals surface area contributed by atoms with Crippen molar-refractivity contribution in [3.05, 3.63) is 54.1 Å². The van der Waals surface area contributed by atoms with Gasteiger partial charge < -0.3 is 14.4 Å². The number of carbonyl (C=O) groups excluding carboxylic acids is 2. The molecule has 2 aromatic carbocycles. The number of hydrogen-bond acceptors (Lipinski definition) is 5. The zero-order chi connectivity index (χ0) is 20.1. The molecule has 0 fully saturated rings. The van der Waals surface area contributed by atoms with Gasteiger partial charge in [0.25, 0.3) is 5.91 Å². The predicted molar refractivity (Wildman–Crippen MR) is 111 cm³/mol. The molecule has 1 heterocycles. The third-order valence-corrected chi connectivity index (χ3v) is 5.57. The molecule has 0 bridgehead atoms. The Morgan fingerprint density at radius 1 is 1.14 bits per heavy atom. The Labute approximate surface area is 170 Å². The van der Waals surface area contributed by atoms with Gasteiger partial charge in [-0.3, -0.25) is 4.79 Å². The van der Waals surface area contributed by atoms with Gasteiger partial charge in [0.1, 0.15) is 5.75 Å². The largest absolute Gasteiger partial charge is 0.491 e. The lowest BCUT2D eigenvalue weighted by molar-refractivity contribution is -0.121. The van der Waals surface area contributed by atoms with Crippen molar-refractivity contribution in [2.24, 2.45) is 0 Å². The highest BCUT2D eigenvalue weighted by atomic mass is 32.2. The molecule has 1 aliphatic heterocycles. The first kappa shape index (κ1) is 20.3. The Morgan fingerprint density at radius 2 is 1.86 bits per heavy atom. The van der Waals surface area contributed by atoms with Gasteiger partial charge in [0.05, 0.1) is 17.4 Å². The quantitative estimate of drug-likeness (QED) is 0.691. The average Bonchev–Trinajstić information content (AvgIpc) is 2.84. The Hall–Kier alpha value is -2.47. The van der Waals surface area contributed by atoms with Crippen LogP contribution in [0.5, 0.6) is 5.75 Å². The normalized spacial score (nSPS) is 16.3. The topological polar surface area (TPSA) is 55.8 Å². The fourth-order valence-corrected chi connectivity index (χ4v) is 4.09.